The molecular formula is C13H15FN2O. The Bertz CT molecular complexity index is 441. The molecule has 0 spiro atoms. The molecule has 0 heterocycles. The van der Waals surface area contributed by atoms with Gasteiger partial charge in [-0.1, -0.05) is 12.2 Å². The fraction of sp³-hybridized carbons (Fsp3) is 0.308. The summed E-state index contributed by atoms with van der Waals surface area (Å²) in [6, 6.07) is 5.83. The number of carbonyl (C=O) groups is 1. The highest BCUT2D eigenvalue weighted by Gasteiger charge is 2.25. The highest BCUT2D eigenvalue weighted by atomic mass is 19.1. The van der Waals surface area contributed by atoms with Gasteiger partial charge in [0.1, 0.15) is 5.82 Å². The minimum atomic E-state index is -0.308. The maximum Gasteiger partial charge on any atom is 0.233 e. The first-order valence-electron chi connectivity index (χ1n) is 5.55. The van der Waals surface area contributed by atoms with Crippen LogP contribution in [0.5, 0.6) is 0 Å². The van der Waals surface area contributed by atoms with E-state index in [4.69, 9.17) is 5.73 Å². The van der Waals surface area contributed by atoms with E-state index >= 15 is 0 Å². The molecule has 2 atom stereocenters. The van der Waals surface area contributed by atoms with Gasteiger partial charge in [0.05, 0.1) is 5.92 Å². The van der Waals surface area contributed by atoms with Crippen LogP contribution in [0.25, 0.3) is 0 Å². The third kappa shape index (κ3) is 2.53. The lowest BCUT2D eigenvalue weighted by Gasteiger charge is -2.20. The number of benzene rings is 1. The second kappa shape index (κ2) is 4.67. The molecule has 0 bridgehead atoms. The van der Waals surface area contributed by atoms with E-state index in [1.54, 1.807) is 19.2 Å². The molecule has 1 aliphatic rings. The van der Waals surface area contributed by atoms with E-state index in [0.717, 1.165) is 0 Å². The smallest absolute Gasteiger partial charge is 0.233 e. The quantitative estimate of drug-likeness (QED) is 0.791. The Labute approximate surface area is 99.7 Å². The number of amides is 1. The van der Waals surface area contributed by atoms with Gasteiger partial charge in [0, 0.05) is 18.8 Å². The van der Waals surface area contributed by atoms with Crippen LogP contribution in [0.15, 0.2) is 36.4 Å². The molecule has 0 saturated heterocycles. The third-order valence-electron chi connectivity index (χ3n) is 2.98. The summed E-state index contributed by atoms with van der Waals surface area (Å²) in [7, 11) is 1.69. The van der Waals surface area contributed by atoms with Gasteiger partial charge in [0.15, 0.2) is 0 Å². The zero-order valence-electron chi connectivity index (χ0n) is 9.64. The van der Waals surface area contributed by atoms with Crippen LogP contribution in [-0.2, 0) is 4.79 Å². The van der Waals surface area contributed by atoms with E-state index in [0.29, 0.717) is 12.1 Å². The van der Waals surface area contributed by atoms with Gasteiger partial charge in [-0.05, 0) is 30.7 Å². The normalized spacial score (nSPS) is 22.8. The van der Waals surface area contributed by atoms with Crippen molar-refractivity contribution < 1.29 is 9.18 Å². The van der Waals surface area contributed by atoms with Crippen molar-refractivity contribution in [3.8, 4) is 0 Å². The highest BCUT2D eigenvalue weighted by Crippen LogP contribution is 2.22. The van der Waals surface area contributed by atoms with Crippen molar-refractivity contribution in [1.29, 1.82) is 0 Å². The standard InChI is InChI=1S/C13H15FN2O/c1-16(12-6-3-10(14)4-7-12)13(17)9-2-5-11(15)8-9/h2-7,9,11H,8,15H2,1H3. The fourth-order valence-corrected chi connectivity index (χ4v) is 1.95. The summed E-state index contributed by atoms with van der Waals surface area (Å²) in [5.74, 6) is -0.488. The first-order valence-corrected chi connectivity index (χ1v) is 5.55. The van der Waals surface area contributed by atoms with Crippen LogP contribution in [0.2, 0.25) is 0 Å². The van der Waals surface area contributed by atoms with Gasteiger partial charge >= 0.3 is 0 Å². The first kappa shape index (κ1) is 11.8. The molecule has 1 amide bonds. The highest BCUT2D eigenvalue weighted by molar-refractivity contribution is 5.95. The lowest BCUT2D eigenvalue weighted by molar-refractivity contribution is -0.120. The van der Waals surface area contributed by atoms with Gasteiger partial charge in [-0.3, -0.25) is 4.79 Å². The lowest BCUT2D eigenvalue weighted by Crippen LogP contribution is -2.32. The molecule has 1 aromatic carbocycles. The molecular weight excluding hydrogens is 219 g/mol. The summed E-state index contributed by atoms with van der Waals surface area (Å²) in [6.07, 6.45) is 4.33. The van der Waals surface area contributed by atoms with Crippen molar-refractivity contribution >= 4 is 11.6 Å². The van der Waals surface area contributed by atoms with Crippen molar-refractivity contribution in [2.24, 2.45) is 11.7 Å². The summed E-state index contributed by atoms with van der Waals surface area (Å²) < 4.78 is 12.8. The van der Waals surface area contributed by atoms with Gasteiger partial charge in [-0.2, -0.15) is 0 Å². The maximum atomic E-state index is 12.8. The number of carbonyl (C=O) groups excluding carboxylic acids is 1. The monoisotopic (exact) mass is 234 g/mol. The zero-order valence-corrected chi connectivity index (χ0v) is 9.64. The predicted molar refractivity (Wildman–Crippen MR) is 65.0 cm³/mol. The average Bonchev–Trinajstić information content (AvgIpc) is 2.75. The van der Waals surface area contributed by atoms with Crippen molar-refractivity contribution in [2.45, 2.75) is 12.5 Å². The van der Waals surface area contributed by atoms with Crippen LogP contribution >= 0.6 is 0 Å². The van der Waals surface area contributed by atoms with Crippen LogP contribution in [-0.4, -0.2) is 19.0 Å². The maximum absolute atomic E-state index is 12.8. The van der Waals surface area contributed by atoms with Crippen LogP contribution in [0, 0.1) is 11.7 Å². The lowest BCUT2D eigenvalue weighted by atomic mass is 10.1. The number of hydrogen-bond acceptors (Lipinski definition) is 2. The minimum absolute atomic E-state index is 0.0131. The number of anilines is 1. The van der Waals surface area contributed by atoms with E-state index in [1.807, 2.05) is 12.2 Å². The Balaban J connectivity index is 2.09. The number of nitrogens with two attached hydrogens (primary N) is 1. The Morgan fingerprint density at radius 2 is 2.00 bits per heavy atom. The van der Waals surface area contributed by atoms with Gasteiger partial charge in [-0.15, -0.1) is 0 Å². The molecule has 1 aliphatic carbocycles. The SMILES string of the molecule is CN(C(=O)C1C=CC(N)C1)c1ccc(F)cc1. The molecule has 0 saturated carbocycles. The van der Waals surface area contributed by atoms with E-state index < -0.39 is 0 Å². The van der Waals surface area contributed by atoms with Crippen molar-refractivity contribution in [1.82, 2.24) is 0 Å². The van der Waals surface area contributed by atoms with Gasteiger partial charge < -0.3 is 10.6 Å². The molecule has 2 rings (SSSR count). The zero-order chi connectivity index (χ0) is 12.4. The summed E-state index contributed by atoms with van der Waals surface area (Å²) in [4.78, 5) is 13.6. The molecule has 0 radical (unpaired) electrons. The van der Waals surface area contributed by atoms with E-state index in [-0.39, 0.29) is 23.7 Å². The van der Waals surface area contributed by atoms with Crippen molar-refractivity contribution in [2.75, 3.05) is 11.9 Å². The molecule has 0 aromatic heterocycles. The molecule has 2 N–H and O–H groups in total. The van der Waals surface area contributed by atoms with Crippen LogP contribution in [0.3, 0.4) is 0 Å². The first-order chi connectivity index (χ1) is 8.08. The largest absolute Gasteiger partial charge is 0.324 e. The Kier molecular flexibility index (Phi) is 3.24. The molecule has 17 heavy (non-hydrogen) atoms. The Morgan fingerprint density at radius 3 is 2.53 bits per heavy atom. The second-order valence-electron chi connectivity index (χ2n) is 4.26. The van der Waals surface area contributed by atoms with E-state index in [1.165, 1.54) is 17.0 Å². The topological polar surface area (TPSA) is 46.3 Å². The summed E-state index contributed by atoms with van der Waals surface area (Å²) in [5, 5.41) is 0. The van der Waals surface area contributed by atoms with Gasteiger partial charge in [0.25, 0.3) is 0 Å². The predicted octanol–water partition coefficient (Wildman–Crippen LogP) is 1.69. The minimum Gasteiger partial charge on any atom is -0.324 e. The van der Waals surface area contributed by atoms with Gasteiger partial charge in [0.2, 0.25) is 5.91 Å². The molecule has 4 heteroatoms. The molecule has 2 unspecified atom stereocenters. The summed E-state index contributed by atoms with van der Waals surface area (Å²) in [5.41, 5.74) is 6.40. The number of rotatable bonds is 2. The Morgan fingerprint density at radius 1 is 1.35 bits per heavy atom. The van der Waals surface area contributed by atoms with E-state index in [2.05, 4.69) is 0 Å². The van der Waals surface area contributed by atoms with Crippen LogP contribution in [0.1, 0.15) is 6.42 Å². The molecule has 1 aromatic rings. The van der Waals surface area contributed by atoms with Crippen molar-refractivity contribution in [3.05, 3.63) is 42.2 Å². The number of nitrogens with zero attached hydrogens (tertiary/aromatic N) is 1. The molecule has 0 fully saturated rings. The number of halogens is 1. The summed E-state index contributed by atoms with van der Waals surface area (Å²) >= 11 is 0. The van der Waals surface area contributed by atoms with Crippen molar-refractivity contribution in [3.63, 3.8) is 0 Å². The molecule has 3 nitrogen and oxygen atoms in total. The summed E-state index contributed by atoms with van der Waals surface area (Å²) in [6.45, 7) is 0. The Hall–Kier alpha value is -1.68. The van der Waals surface area contributed by atoms with Crippen LogP contribution in [0.4, 0.5) is 10.1 Å². The molecule has 0 aliphatic heterocycles. The second-order valence-corrected chi connectivity index (χ2v) is 4.26. The van der Waals surface area contributed by atoms with Crippen LogP contribution < -0.4 is 10.6 Å². The number of hydrogen-bond donors (Lipinski definition) is 1. The third-order valence-corrected chi connectivity index (χ3v) is 2.98. The van der Waals surface area contributed by atoms with E-state index in [9.17, 15) is 9.18 Å². The fourth-order valence-electron chi connectivity index (χ4n) is 1.95. The van der Waals surface area contributed by atoms with Gasteiger partial charge in [-0.25, -0.2) is 4.39 Å². The average molecular weight is 234 g/mol. The molecule has 90 valence electrons.